The van der Waals surface area contributed by atoms with E-state index in [1.54, 1.807) is 49.4 Å². The third-order valence-corrected chi connectivity index (χ3v) is 5.80. The van der Waals surface area contributed by atoms with Crippen LogP contribution in [0.5, 0.6) is 0 Å². The van der Waals surface area contributed by atoms with Gasteiger partial charge in [0.1, 0.15) is 12.0 Å². The van der Waals surface area contributed by atoms with Gasteiger partial charge in [0.15, 0.2) is 5.89 Å². The van der Waals surface area contributed by atoms with Crippen molar-refractivity contribution < 1.29 is 17.6 Å². The van der Waals surface area contributed by atoms with E-state index in [0.717, 1.165) is 5.56 Å². The molecule has 0 spiro atoms. The van der Waals surface area contributed by atoms with Crippen LogP contribution in [0.3, 0.4) is 0 Å². The summed E-state index contributed by atoms with van der Waals surface area (Å²) in [7, 11) is -3.86. The standard InChI is InChI=1S/C19H19N3O4S/c1-14-21-18(13-26-14)15-7-9-17(10-8-15)27(24,25)22(12-11-19(20)23)16-5-3-2-4-6-16/h2-10,13H,11-12H2,1H3,(H2,20,23). The van der Waals surface area contributed by atoms with Crippen molar-refractivity contribution >= 4 is 21.6 Å². The van der Waals surface area contributed by atoms with E-state index in [0.29, 0.717) is 17.3 Å². The number of oxazole rings is 1. The molecular formula is C19H19N3O4S. The second kappa shape index (κ2) is 7.63. The van der Waals surface area contributed by atoms with Crippen molar-refractivity contribution in [1.82, 2.24) is 4.98 Å². The highest BCUT2D eigenvalue weighted by molar-refractivity contribution is 7.92. The number of primary amides is 1. The van der Waals surface area contributed by atoms with Crippen LogP contribution in [0.2, 0.25) is 0 Å². The van der Waals surface area contributed by atoms with E-state index in [9.17, 15) is 13.2 Å². The molecule has 0 radical (unpaired) electrons. The summed E-state index contributed by atoms with van der Waals surface area (Å²) in [5.41, 5.74) is 7.05. The number of para-hydroxylation sites is 1. The topological polar surface area (TPSA) is 107 Å². The van der Waals surface area contributed by atoms with E-state index < -0.39 is 15.9 Å². The molecule has 0 saturated heterocycles. The molecule has 0 atom stereocenters. The minimum Gasteiger partial charge on any atom is -0.449 e. The molecule has 2 aromatic carbocycles. The zero-order valence-corrected chi connectivity index (χ0v) is 15.5. The van der Waals surface area contributed by atoms with Crippen molar-refractivity contribution in [2.24, 2.45) is 5.73 Å². The van der Waals surface area contributed by atoms with E-state index in [4.69, 9.17) is 10.2 Å². The Morgan fingerprint density at radius 3 is 2.33 bits per heavy atom. The maximum atomic E-state index is 13.1. The number of amides is 1. The summed E-state index contributed by atoms with van der Waals surface area (Å²) < 4.78 is 32.6. The number of rotatable bonds is 7. The summed E-state index contributed by atoms with van der Waals surface area (Å²) in [5.74, 6) is -0.0358. The molecule has 2 N–H and O–H groups in total. The fourth-order valence-electron chi connectivity index (χ4n) is 2.61. The molecule has 0 aliphatic carbocycles. The van der Waals surface area contributed by atoms with E-state index in [-0.39, 0.29) is 17.9 Å². The average Bonchev–Trinajstić information content (AvgIpc) is 3.09. The molecule has 1 amide bonds. The van der Waals surface area contributed by atoms with Crippen molar-refractivity contribution in [2.45, 2.75) is 18.2 Å². The second-order valence-electron chi connectivity index (χ2n) is 5.91. The number of hydrogen-bond donors (Lipinski definition) is 1. The Morgan fingerprint density at radius 2 is 1.78 bits per heavy atom. The van der Waals surface area contributed by atoms with E-state index in [1.165, 1.54) is 22.7 Å². The number of nitrogens with zero attached hydrogens (tertiary/aromatic N) is 2. The van der Waals surface area contributed by atoms with Crippen LogP contribution in [0.15, 0.2) is 70.2 Å². The van der Waals surface area contributed by atoms with Crippen LogP contribution in [0, 0.1) is 6.92 Å². The van der Waals surface area contributed by atoms with Gasteiger partial charge in [0.25, 0.3) is 10.0 Å². The van der Waals surface area contributed by atoms with Gasteiger partial charge in [-0.25, -0.2) is 13.4 Å². The minimum absolute atomic E-state index is 0.0358. The fraction of sp³-hybridized carbons (Fsp3) is 0.158. The summed E-state index contributed by atoms with van der Waals surface area (Å²) >= 11 is 0. The highest BCUT2D eigenvalue weighted by Gasteiger charge is 2.25. The first kappa shape index (κ1) is 18.7. The molecule has 3 aromatic rings. The third-order valence-electron chi connectivity index (χ3n) is 3.96. The van der Waals surface area contributed by atoms with Crippen molar-refractivity contribution in [1.29, 1.82) is 0 Å². The fourth-order valence-corrected chi connectivity index (χ4v) is 4.08. The van der Waals surface area contributed by atoms with Gasteiger partial charge in [0, 0.05) is 25.5 Å². The molecule has 0 aliphatic heterocycles. The molecule has 0 fully saturated rings. The van der Waals surface area contributed by atoms with E-state index in [2.05, 4.69) is 4.98 Å². The number of aryl methyl sites for hydroxylation is 1. The third kappa shape index (κ3) is 4.17. The quantitative estimate of drug-likeness (QED) is 0.673. The molecule has 0 bridgehead atoms. The molecule has 0 aliphatic rings. The Kier molecular flexibility index (Phi) is 5.27. The second-order valence-corrected chi connectivity index (χ2v) is 7.77. The summed E-state index contributed by atoms with van der Waals surface area (Å²) in [6, 6.07) is 15.0. The zero-order chi connectivity index (χ0) is 19.4. The van der Waals surface area contributed by atoms with Crippen molar-refractivity contribution in [3.8, 4) is 11.3 Å². The Hall–Kier alpha value is -3.13. The van der Waals surface area contributed by atoms with Crippen LogP contribution in [0.1, 0.15) is 12.3 Å². The van der Waals surface area contributed by atoms with E-state index in [1.807, 2.05) is 0 Å². The minimum atomic E-state index is -3.86. The van der Waals surface area contributed by atoms with Gasteiger partial charge in [0.05, 0.1) is 10.6 Å². The van der Waals surface area contributed by atoms with Gasteiger partial charge in [-0.2, -0.15) is 0 Å². The summed E-state index contributed by atoms with van der Waals surface area (Å²) in [4.78, 5) is 15.5. The van der Waals surface area contributed by atoms with Gasteiger partial charge < -0.3 is 10.2 Å². The first-order valence-corrected chi connectivity index (χ1v) is 9.70. The normalized spacial score (nSPS) is 11.3. The number of aromatic nitrogens is 1. The lowest BCUT2D eigenvalue weighted by atomic mass is 10.2. The van der Waals surface area contributed by atoms with Gasteiger partial charge in [0.2, 0.25) is 5.91 Å². The predicted octanol–water partition coefficient (Wildman–Crippen LogP) is 2.72. The number of carbonyl (C=O) groups is 1. The number of anilines is 1. The number of nitrogens with two attached hydrogens (primary N) is 1. The lowest BCUT2D eigenvalue weighted by molar-refractivity contribution is -0.117. The largest absolute Gasteiger partial charge is 0.449 e. The molecule has 140 valence electrons. The number of benzene rings is 2. The molecule has 27 heavy (non-hydrogen) atoms. The lowest BCUT2D eigenvalue weighted by Crippen LogP contribution is -2.34. The summed E-state index contributed by atoms with van der Waals surface area (Å²) in [5, 5.41) is 0. The molecule has 8 heteroatoms. The van der Waals surface area contributed by atoms with E-state index >= 15 is 0 Å². The maximum absolute atomic E-state index is 13.1. The molecule has 1 aromatic heterocycles. The zero-order valence-electron chi connectivity index (χ0n) is 14.7. The Morgan fingerprint density at radius 1 is 1.11 bits per heavy atom. The molecule has 0 unspecified atom stereocenters. The first-order chi connectivity index (χ1) is 12.9. The Bertz CT molecular complexity index is 1030. The van der Waals surface area contributed by atoms with Crippen LogP contribution in [-0.4, -0.2) is 25.9 Å². The molecule has 1 heterocycles. The molecule has 7 nitrogen and oxygen atoms in total. The molecule has 0 saturated carbocycles. The molecular weight excluding hydrogens is 366 g/mol. The number of carbonyl (C=O) groups excluding carboxylic acids is 1. The van der Waals surface area contributed by atoms with Crippen LogP contribution in [0.25, 0.3) is 11.3 Å². The Balaban J connectivity index is 1.94. The van der Waals surface area contributed by atoms with Crippen molar-refractivity contribution in [3.63, 3.8) is 0 Å². The average molecular weight is 385 g/mol. The monoisotopic (exact) mass is 385 g/mol. The van der Waals surface area contributed by atoms with Crippen molar-refractivity contribution in [3.05, 3.63) is 66.8 Å². The van der Waals surface area contributed by atoms with Gasteiger partial charge in [-0.05, 0) is 24.3 Å². The summed E-state index contributed by atoms with van der Waals surface area (Å²) in [6.45, 7) is 1.70. The smallest absolute Gasteiger partial charge is 0.264 e. The first-order valence-electron chi connectivity index (χ1n) is 8.26. The molecule has 3 rings (SSSR count). The van der Waals surface area contributed by atoms with Crippen LogP contribution in [0.4, 0.5) is 5.69 Å². The van der Waals surface area contributed by atoms with Crippen molar-refractivity contribution in [2.75, 3.05) is 10.8 Å². The predicted molar refractivity (Wildman–Crippen MR) is 101 cm³/mol. The van der Waals surface area contributed by atoms with Crippen LogP contribution >= 0.6 is 0 Å². The number of hydrogen-bond acceptors (Lipinski definition) is 5. The lowest BCUT2D eigenvalue weighted by Gasteiger charge is -2.24. The summed E-state index contributed by atoms with van der Waals surface area (Å²) in [6.07, 6.45) is 1.44. The maximum Gasteiger partial charge on any atom is 0.264 e. The van der Waals surface area contributed by atoms with Gasteiger partial charge >= 0.3 is 0 Å². The Labute approximate surface area is 157 Å². The van der Waals surface area contributed by atoms with Gasteiger partial charge in [-0.1, -0.05) is 30.3 Å². The van der Waals surface area contributed by atoms with Gasteiger partial charge in [-0.3, -0.25) is 9.10 Å². The highest BCUT2D eigenvalue weighted by Crippen LogP contribution is 2.26. The van der Waals surface area contributed by atoms with Gasteiger partial charge in [-0.15, -0.1) is 0 Å². The number of sulfonamides is 1. The highest BCUT2D eigenvalue weighted by atomic mass is 32.2. The van der Waals surface area contributed by atoms with Crippen LogP contribution in [-0.2, 0) is 14.8 Å². The SMILES string of the molecule is Cc1nc(-c2ccc(S(=O)(=O)N(CCC(N)=O)c3ccccc3)cc2)co1. The van der Waals surface area contributed by atoms with Crippen LogP contribution < -0.4 is 10.0 Å².